The molecule has 2 rings (SSSR count). The van der Waals surface area contributed by atoms with Crippen molar-refractivity contribution in [2.45, 2.75) is 0 Å². The monoisotopic (exact) mass is 255 g/mol. The Morgan fingerprint density at radius 2 is 2.00 bits per heavy atom. The summed E-state index contributed by atoms with van der Waals surface area (Å²) in [6.45, 7) is 0. The molecule has 1 aromatic heterocycles. The van der Waals surface area contributed by atoms with E-state index in [1.165, 1.54) is 12.3 Å². The first-order chi connectivity index (χ1) is 8.72. The average Bonchev–Trinajstić information content (AvgIpc) is 2.41. The Morgan fingerprint density at radius 1 is 1.17 bits per heavy atom. The quantitative estimate of drug-likeness (QED) is 0.891. The van der Waals surface area contributed by atoms with Gasteiger partial charge in [-0.3, -0.25) is 0 Å². The molecule has 0 amide bonds. The summed E-state index contributed by atoms with van der Waals surface area (Å²) >= 11 is 5.98. The largest absolute Gasteiger partial charge is 0.323 e. The van der Waals surface area contributed by atoms with Gasteiger partial charge in [-0.1, -0.05) is 11.6 Å². The van der Waals surface area contributed by atoms with Crippen LogP contribution >= 0.6 is 11.6 Å². The topological polar surface area (TPSA) is 85.4 Å². The zero-order valence-corrected chi connectivity index (χ0v) is 9.81. The Bertz CT molecular complexity index is 669. The maximum atomic E-state index is 8.81. The number of nitrogens with zero attached hydrogens (tertiary/aromatic N) is 4. The molecule has 0 bridgehead atoms. The number of benzene rings is 1. The lowest BCUT2D eigenvalue weighted by Crippen LogP contribution is -1.98. The molecule has 5 nitrogen and oxygen atoms in total. The summed E-state index contributed by atoms with van der Waals surface area (Å²) < 4.78 is 0. The van der Waals surface area contributed by atoms with Crippen LogP contribution in [0.5, 0.6) is 0 Å². The van der Waals surface area contributed by atoms with Crippen molar-refractivity contribution in [2.75, 3.05) is 5.32 Å². The summed E-state index contributed by atoms with van der Waals surface area (Å²) in [6.07, 6.45) is 1.47. The van der Waals surface area contributed by atoms with Gasteiger partial charge in [-0.2, -0.15) is 10.5 Å². The van der Waals surface area contributed by atoms with E-state index in [4.69, 9.17) is 22.1 Å². The lowest BCUT2D eigenvalue weighted by atomic mass is 10.2. The molecule has 2 aromatic rings. The van der Waals surface area contributed by atoms with Gasteiger partial charge in [0, 0.05) is 6.20 Å². The van der Waals surface area contributed by atoms with E-state index in [9.17, 15) is 0 Å². The minimum atomic E-state index is 0.250. The van der Waals surface area contributed by atoms with Crippen LogP contribution in [0.1, 0.15) is 11.3 Å². The van der Waals surface area contributed by atoms with E-state index in [1.54, 1.807) is 18.2 Å². The van der Waals surface area contributed by atoms with Crippen molar-refractivity contribution in [3.63, 3.8) is 0 Å². The number of nitriles is 2. The molecule has 0 aliphatic carbocycles. The number of halogens is 1. The highest BCUT2D eigenvalue weighted by Crippen LogP contribution is 2.24. The summed E-state index contributed by atoms with van der Waals surface area (Å²) in [5, 5.41) is 20.8. The first-order valence-corrected chi connectivity index (χ1v) is 5.30. The molecule has 0 saturated carbocycles. The fraction of sp³-hybridized carbons (Fsp3) is 0. The van der Waals surface area contributed by atoms with Gasteiger partial charge in [0.25, 0.3) is 0 Å². The van der Waals surface area contributed by atoms with E-state index >= 15 is 0 Å². The van der Waals surface area contributed by atoms with Crippen molar-refractivity contribution in [2.24, 2.45) is 0 Å². The van der Waals surface area contributed by atoms with Crippen LogP contribution in [0.2, 0.25) is 5.02 Å². The van der Waals surface area contributed by atoms with E-state index < -0.39 is 0 Å². The fourth-order valence-corrected chi connectivity index (χ4v) is 1.46. The Kier molecular flexibility index (Phi) is 3.38. The molecule has 0 atom stereocenters. The van der Waals surface area contributed by atoms with Gasteiger partial charge in [0.2, 0.25) is 5.95 Å². The molecule has 0 spiro atoms. The summed E-state index contributed by atoms with van der Waals surface area (Å²) in [6, 6.07) is 10.2. The summed E-state index contributed by atoms with van der Waals surface area (Å²) in [5.41, 5.74) is 1.24. The van der Waals surface area contributed by atoms with Crippen molar-refractivity contribution in [3.05, 3.63) is 46.7 Å². The number of hydrogen-bond donors (Lipinski definition) is 1. The lowest BCUT2D eigenvalue weighted by Gasteiger charge is -2.06. The second kappa shape index (κ2) is 5.13. The number of nitrogens with one attached hydrogen (secondary N) is 1. The molecule has 0 saturated heterocycles. The van der Waals surface area contributed by atoms with Crippen LogP contribution in [0.4, 0.5) is 11.6 Å². The molecule has 6 heteroatoms. The smallest absolute Gasteiger partial charge is 0.228 e. The number of rotatable bonds is 2. The molecule has 0 radical (unpaired) electrons. The van der Waals surface area contributed by atoms with E-state index in [0.717, 1.165) is 0 Å². The van der Waals surface area contributed by atoms with E-state index in [1.807, 2.05) is 12.1 Å². The first-order valence-electron chi connectivity index (χ1n) is 4.93. The summed E-state index contributed by atoms with van der Waals surface area (Å²) in [5.74, 6) is 0.256. The van der Waals surface area contributed by atoms with Crippen molar-refractivity contribution in [3.8, 4) is 12.1 Å². The van der Waals surface area contributed by atoms with Crippen molar-refractivity contribution >= 4 is 23.2 Å². The first kappa shape index (κ1) is 11.8. The molecule has 1 aromatic carbocycles. The van der Waals surface area contributed by atoms with Crippen LogP contribution < -0.4 is 5.32 Å². The Labute approximate surface area is 108 Å². The fourth-order valence-electron chi connectivity index (χ4n) is 1.29. The molecule has 18 heavy (non-hydrogen) atoms. The third-order valence-corrected chi connectivity index (χ3v) is 2.44. The predicted octanol–water partition coefficient (Wildman–Crippen LogP) is 2.62. The molecule has 0 aliphatic heterocycles. The van der Waals surface area contributed by atoms with Crippen LogP contribution in [0, 0.1) is 22.7 Å². The maximum Gasteiger partial charge on any atom is 0.228 e. The highest BCUT2D eigenvalue weighted by Gasteiger charge is 2.05. The SMILES string of the molecule is N#Cc1ccc(Cl)c(Nc2nccc(C#N)n2)c1. The van der Waals surface area contributed by atoms with Crippen LogP contribution in [0.15, 0.2) is 30.5 Å². The van der Waals surface area contributed by atoms with Gasteiger partial charge in [-0.15, -0.1) is 0 Å². The molecular weight excluding hydrogens is 250 g/mol. The summed E-state index contributed by atoms with van der Waals surface area (Å²) in [7, 11) is 0. The van der Waals surface area contributed by atoms with Crippen LogP contribution in [0.25, 0.3) is 0 Å². The second-order valence-electron chi connectivity index (χ2n) is 3.31. The van der Waals surface area contributed by atoms with Crippen molar-refractivity contribution in [1.82, 2.24) is 9.97 Å². The van der Waals surface area contributed by atoms with Gasteiger partial charge in [-0.25, -0.2) is 9.97 Å². The molecule has 0 fully saturated rings. The number of anilines is 2. The second-order valence-corrected chi connectivity index (χ2v) is 3.72. The van der Waals surface area contributed by atoms with Gasteiger partial charge in [0.15, 0.2) is 0 Å². The van der Waals surface area contributed by atoms with E-state index in [0.29, 0.717) is 16.3 Å². The minimum Gasteiger partial charge on any atom is -0.323 e. The zero-order chi connectivity index (χ0) is 13.0. The van der Waals surface area contributed by atoms with Crippen LogP contribution in [-0.2, 0) is 0 Å². The third-order valence-electron chi connectivity index (χ3n) is 2.11. The number of hydrogen-bond acceptors (Lipinski definition) is 5. The highest BCUT2D eigenvalue weighted by atomic mass is 35.5. The lowest BCUT2D eigenvalue weighted by molar-refractivity contribution is 1.14. The van der Waals surface area contributed by atoms with Gasteiger partial charge in [-0.05, 0) is 24.3 Å². The van der Waals surface area contributed by atoms with E-state index in [-0.39, 0.29) is 11.6 Å². The van der Waals surface area contributed by atoms with Crippen molar-refractivity contribution in [1.29, 1.82) is 10.5 Å². The van der Waals surface area contributed by atoms with Gasteiger partial charge >= 0.3 is 0 Å². The van der Waals surface area contributed by atoms with Gasteiger partial charge < -0.3 is 5.32 Å². The normalized spacial score (nSPS) is 9.28. The Hall–Kier alpha value is -2.63. The Morgan fingerprint density at radius 3 is 2.72 bits per heavy atom. The molecule has 0 unspecified atom stereocenters. The van der Waals surface area contributed by atoms with Crippen LogP contribution in [0.3, 0.4) is 0 Å². The predicted molar refractivity (Wildman–Crippen MR) is 66.2 cm³/mol. The number of aromatic nitrogens is 2. The van der Waals surface area contributed by atoms with Gasteiger partial charge in [0.1, 0.15) is 11.8 Å². The maximum absolute atomic E-state index is 8.81. The average molecular weight is 256 g/mol. The molecular formula is C12H6ClN5. The summed E-state index contributed by atoms with van der Waals surface area (Å²) in [4.78, 5) is 7.92. The van der Waals surface area contributed by atoms with Crippen LogP contribution in [-0.4, -0.2) is 9.97 Å². The Balaban J connectivity index is 2.34. The standard InChI is InChI=1S/C12H6ClN5/c13-10-2-1-8(6-14)5-11(10)18-12-16-4-3-9(7-15)17-12/h1-5H,(H,16,17,18). The molecule has 1 N–H and O–H groups in total. The van der Waals surface area contributed by atoms with E-state index in [2.05, 4.69) is 15.3 Å². The minimum absolute atomic E-state index is 0.250. The third kappa shape index (κ3) is 2.54. The molecule has 1 heterocycles. The highest BCUT2D eigenvalue weighted by molar-refractivity contribution is 6.33. The molecule has 0 aliphatic rings. The van der Waals surface area contributed by atoms with Gasteiger partial charge in [0.05, 0.1) is 22.3 Å². The zero-order valence-electron chi connectivity index (χ0n) is 9.05. The van der Waals surface area contributed by atoms with Crippen molar-refractivity contribution < 1.29 is 0 Å². The molecule has 86 valence electrons.